The molecule has 0 amide bonds. The van der Waals surface area contributed by atoms with Gasteiger partial charge in [-0.25, -0.2) is 0 Å². The molecule has 0 aliphatic heterocycles. The van der Waals surface area contributed by atoms with Gasteiger partial charge in [0, 0.05) is 5.57 Å². The average molecular weight is 635 g/mol. The van der Waals surface area contributed by atoms with Crippen LogP contribution in [0.25, 0.3) is 0 Å². The molecule has 0 aromatic carbocycles. The van der Waals surface area contributed by atoms with Crippen LogP contribution in [0.3, 0.4) is 0 Å². The molecule has 0 radical (unpaired) electrons. The summed E-state index contributed by atoms with van der Waals surface area (Å²) in [5.74, 6) is -2.49. The molecule has 6 aliphatic rings. The number of carboxylic acids is 1. The van der Waals surface area contributed by atoms with Gasteiger partial charge in [0.2, 0.25) is 5.78 Å². The lowest BCUT2D eigenvalue weighted by molar-refractivity contribution is -0.173. The molecular formula is C40H58O6. The number of carbonyl (C=O) groups is 3. The second-order valence-corrected chi connectivity index (χ2v) is 18.2. The Morgan fingerprint density at radius 1 is 0.978 bits per heavy atom. The minimum atomic E-state index is -1.33. The Morgan fingerprint density at radius 3 is 2.24 bits per heavy atom. The number of Topliss-reactive ketones (excluding diaryl/α,β-unsaturated/α-hetero) is 2. The van der Waals surface area contributed by atoms with E-state index in [1.165, 1.54) is 5.57 Å². The molecule has 254 valence electrons. The molecule has 0 heterocycles. The Labute approximate surface area is 276 Å². The Bertz CT molecular complexity index is 1450. The summed E-state index contributed by atoms with van der Waals surface area (Å²) in [6.45, 7) is 21.1. The number of hydrogen-bond donors (Lipinski definition) is 3. The van der Waals surface area contributed by atoms with E-state index in [0.29, 0.717) is 19.3 Å². The zero-order chi connectivity index (χ0) is 34.0. The van der Waals surface area contributed by atoms with Gasteiger partial charge in [0.05, 0.1) is 22.3 Å². The Morgan fingerprint density at radius 2 is 1.61 bits per heavy atom. The lowest BCUT2D eigenvalue weighted by atomic mass is 9.38. The summed E-state index contributed by atoms with van der Waals surface area (Å²) in [5, 5.41) is 34.8. The highest BCUT2D eigenvalue weighted by Crippen LogP contribution is 2.80. The minimum Gasteiger partial charge on any atom is -0.504 e. The molecule has 10 atom stereocenters. The van der Waals surface area contributed by atoms with E-state index in [-0.39, 0.29) is 63.3 Å². The number of carbonyl (C=O) groups excluding carboxylic acids is 2. The Hall–Kier alpha value is -2.21. The highest BCUT2D eigenvalue weighted by molar-refractivity contribution is 6.18. The summed E-state index contributed by atoms with van der Waals surface area (Å²) in [5.41, 5.74) is -2.17. The third-order valence-corrected chi connectivity index (χ3v) is 15.6. The van der Waals surface area contributed by atoms with Crippen LogP contribution in [0.1, 0.15) is 126 Å². The van der Waals surface area contributed by atoms with E-state index in [9.17, 15) is 20.1 Å². The topological polar surface area (TPSA) is 112 Å². The summed E-state index contributed by atoms with van der Waals surface area (Å²) in [4.78, 5) is 43.0. The molecule has 0 aromatic heterocycles. The van der Waals surface area contributed by atoms with Gasteiger partial charge >= 0.3 is 5.97 Å². The van der Waals surface area contributed by atoms with Crippen LogP contribution in [0, 0.1) is 62.1 Å². The Balaban J connectivity index is 1.51. The van der Waals surface area contributed by atoms with E-state index >= 15 is 9.59 Å². The number of aliphatic hydroxyl groups is 2. The van der Waals surface area contributed by atoms with Crippen molar-refractivity contribution >= 4 is 17.5 Å². The van der Waals surface area contributed by atoms with Crippen LogP contribution in [0.5, 0.6) is 0 Å². The van der Waals surface area contributed by atoms with E-state index in [0.717, 1.165) is 56.9 Å². The van der Waals surface area contributed by atoms with Crippen molar-refractivity contribution in [1.82, 2.24) is 0 Å². The smallest absolute Gasteiger partial charge is 0.309 e. The highest BCUT2D eigenvalue weighted by Gasteiger charge is 2.85. The molecule has 0 saturated heterocycles. The standard InChI is InChI=1S/C40H58O6/c1-22(2)28-29(41)32(43)40-26(14-13-25-23(3)12-15-27-36(25,7)18-11-19-37(27,8)34(45)46)24(4)16-21-39(40,31(28)42)33(44)30-35(5,6)17-10-20-38(30,40)9/h16,22,25-27,30,33,41,44H,3,10-15,17-21H2,1-2,4-9H3,(H,45,46). The molecule has 0 aromatic rings. The van der Waals surface area contributed by atoms with E-state index in [1.807, 2.05) is 20.8 Å². The van der Waals surface area contributed by atoms with E-state index in [2.05, 4.69) is 47.3 Å². The number of carboxylic acid groups (broad SMARTS) is 1. The molecule has 10 unspecified atom stereocenters. The molecule has 0 bridgehead atoms. The third kappa shape index (κ3) is 3.77. The normalized spacial score (nSPS) is 46.8. The molecule has 6 rings (SSSR count). The van der Waals surface area contributed by atoms with Gasteiger partial charge in [-0.1, -0.05) is 78.2 Å². The highest BCUT2D eigenvalue weighted by atomic mass is 16.4. The fraction of sp³-hybridized carbons (Fsp3) is 0.775. The van der Waals surface area contributed by atoms with Gasteiger partial charge in [-0.15, -0.1) is 0 Å². The number of aliphatic hydroxyl groups excluding tert-OH is 2. The summed E-state index contributed by atoms with van der Waals surface area (Å²) in [6, 6.07) is 0. The van der Waals surface area contributed by atoms with Crippen molar-refractivity contribution in [2.45, 2.75) is 132 Å². The van der Waals surface area contributed by atoms with Crippen LogP contribution in [-0.2, 0) is 14.4 Å². The summed E-state index contributed by atoms with van der Waals surface area (Å²) in [7, 11) is 0. The zero-order valence-electron chi connectivity index (χ0n) is 29.6. The van der Waals surface area contributed by atoms with Crippen molar-refractivity contribution < 1.29 is 29.7 Å². The van der Waals surface area contributed by atoms with Gasteiger partial charge in [0.15, 0.2) is 11.5 Å². The summed E-state index contributed by atoms with van der Waals surface area (Å²) in [6.07, 6.45) is 9.44. The number of aliphatic carboxylic acids is 1. The van der Waals surface area contributed by atoms with Crippen LogP contribution in [0.4, 0.5) is 0 Å². The fourth-order valence-corrected chi connectivity index (χ4v) is 13.9. The predicted molar refractivity (Wildman–Crippen MR) is 179 cm³/mol. The van der Waals surface area contributed by atoms with Crippen LogP contribution in [0.2, 0.25) is 0 Å². The van der Waals surface area contributed by atoms with Crippen molar-refractivity contribution in [1.29, 1.82) is 0 Å². The van der Waals surface area contributed by atoms with Gasteiger partial charge in [0.1, 0.15) is 0 Å². The molecule has 4 saturated carbocycles. The number of ketones is 2. The SMILES string of the molecule is C=C1CCC2C(C)(C(=O)O)CCCC2(C)C1CCC1C(C)=CCC23C(=O)C(C(C)C)=C(O)C(=O)C12C1(C)CCCC(C)(C)C1C3O. The van der Waals surface area contributed by atoms with Crippen LogP contribution >= 0.6 is 0 Å². The monoisotopic (exact) mass is 634 g/mol. The molecule has 6 heteroatoms. The lowest BCUT2D eigenvalue weighted by Crippen LogP contribution is -2.66. The molecule has 6 aliphatic carbocycles. The lowest BCUT2D eigenvalue weighted by Gasteiger charge is -2.62. The average Bonchev–Trinajstić information content (AvgIpc) is 3.14. The quantitative estimate of drug-likeness (QED) is 0.262. The summed E-state index contributed by atoms with van der Waals surface area (Å²) < 4.78 is 0. The van der Waals surface area contributed by atoms with Gasteiger partial charge in [-0.3, -0.25) is 14.4 Å². The second kappa shape index (κ2) is 10.4. The van der Waals surface area contributed by atoms with E-state index in [1.54, 1.807) is 0 Å². The Kier molecular flexibility index (Phi) is 7.61. The number of rotatable bonds is 5. The first-order chi connectivity index (χ1) is 21.3. The van der Waals surface area contributed by atoms with Crippen molar-refractivity contribution in [3.8, 4) is 0 Å². The largest absolute Gasteiger partial charge is 0.504 e. The van der Waals surface area contributed by atoms with Crippen LogP contribution < -0.4 is 0 Å². The number of hydrogen-bond acceptors (Lipinski definition) is 5. The molecule has 3 N–H and O–H groups in total. The summed E-state index contributed by atoms with van der Waals surface area (Å²) >= 11 is 0. The van der Waals surface area contributed by atoms with Crippen molar-refractivity contribution in [3.63, 3.8) is 0 Å². The van der Waals surface area contributed by atoms with E-state index in [4.69, 9.17) is 0 Å². The van der Waals surface area contributed by atoms with Crippen molar-refractivity contribution in [2.75, 3.05) is 0 Å². The molecule has 4 fully saturated rings. The first-order valence-electron chi connectivity index (χ1n) is 18.1. The maximum absolute atomic E-state index is 15.3. The van der Waals surface area contributed by atoms with Gasteiger partial charge < -0.3 is 15.3 Å². The number of fused-ring (bicyclic) bond motifs is 2. The van der Waals surface area contributed by atoms with Gasteiger partial charge in [-0.05, 0) is 117 Å². The first kappa shape index (κ1) is 33.7. The minimum absolute atomic E-state index is 0.0369. The fourth-order valence-electron chi connectivity index (χ4n) is 13.9. The molecule has 46 heavy (non-hydrogen) atoms. The third-order valence-electron chi connectivity index (χ3n) is 15.6. The van der Waals surface area contributed by atoms with Crippen LogP contribution in [-0.4, -0.2) is 39.0 Å². The van der Waals surface area contributed by atoms with Gasteiger partial charge in [0.25, 0.3) is 0 Å². The first-order valence-corrected chi connectivity index (χ1v) is 18.1. The number of allylic oxidation sites excluding steroid dienone is 5. The van der Waals surface area contributed by atoms with Gasteiger partial charge in [-0.2, -0.15) is 0 Å². The molecular weight excluding hydrogens is 576 g/mol. The zero-order valence-corrected chi connectivity index (χ0v) is 29.6. The van der Waals surface area contributed by atoms with Crippen molar-refractivity contribution in [3.05, 3.63) is 35.1 Å². The second-order valence-electron chi connectivity index (χ2n) is 18.2. The maximum atomic E-state index is 15.3. The van der Waals surface area contributed by atoms with Crippen molar-refractivity contribution in [2.24, 2.45) is 62.1 Å². The predicted octanol–water partition coefficient (Wildman–Crippen LogP) is 8.40. The van der Waals surface area contributed by atoms with Crippen LogP contribution in [0.15, 0.2) is 35.1 Å². The molecule has 0 spiro atoms. The molecule has 6 nitrogen and oxygen atoms in total. The maximum Gasteiger partial charge on any atom is 0.309 e. The van der Waals surface area contributed by atoms with E-state index < -0.39 is 33.7 Å².